The van der Waals surface area contributed by atoms with Crippen LogP contribution in [0.4, 0.5) is 13.2 Å². The highest BCUT2D eigenvalue weighted by atomic mass is 32.2. The molecule has 100 valence electrons. The first-order valence-electron chi connectivity index (χ1n) is 4.72. The third-order valence-corrected chi connectivity index (χ3v) is 3.23. The van der Waals surface area contributed by atoms with E-state index in [4.69, 9.17) is 5.11 Å². The van der Waals surface area contributed by atoms with E-state index in [0.717, 1.165) is 0 Å². The van der Waals surface area contributed by atoms with Crippen LogP contribution in [0.2, 0.25) is 0 Å². The zero-order chi connectivity index (χ0) is 13.8. The van der Waals surface area contributed by atoms with Gasteiger partial charge in [-0.3, -0.25) is 8.95 Å². The fourth-order valence-electron chi connectivity index (χ4n) is 1.10. The van der Waals surface area contributed by atoms with Crippen LogP contribution >= 0.6 is 0 Å². The largest absolute Gasteiger partial charge is 0.522 e. The standard InChI is InChI=1S/C10H9F3O4S/c11-10(12,13)17-5-6-18(16)8-3-1-7(2-4-8)9(14)15/h1-4H,5-6H2,(H,14,15). The first kappa shape index (κ1) is 14.7. The van der Waals surface area contributed by atoms with E-state index >= 15 is 0 Å². The van der Waals surface area contributed by atoms with Crippen molar-refractivity contribution in [1.82, 2.24) is 0 Å². The highest BCUT2D eigenvalue weighted by molar-refractivity contribution is 7.85. The van der Waals surface area contributed by atoms with Gasteiger partial charge in [0.15, 0.2) is 0 Å². The predicted octanol–water partition coefficient (Wildman–Crippen LogP) is 2.03. The smallest absolute Gasteiger partial charge is 0.478 e. The Balaban J connectivity index is 2.54. The molecule has 0 radical (unpaired) electrons. The summed E-state index contributed by atoms with van der Waals surface area (Å²) in [5, 5.41) is 8.62. The van der Waals surface area contributed by atoms with Crippen LogP contribution < -0.4 is 0 Å². The predicted molar refractivity (Wildman–Crippen MR) is 56.7 cm³/mol. The van der Waals surface area contributed by atoms with Gasteiger partial charge in [0.1, 0.15) is 0 Å². The highest BCUT2D eigenvalue weighted by Gasteiger charge is 2.28. The molecule has 0 saturated heterocycles. The molecule has 1 unspecified atom stereocenters. The second kappa shape index (κ2) is 5.96. The molecule has 8 heteroatoms. The van der Waals surface area contributed by atoms with Crippen molar-refractivity contribution >= 4 is 16.8 Å². The number of carboxylic acid groups (broad SMARTS) is 1. The lowest BCUT2D eigenvalue weighted by atomic mass is 10.2. The summed E-state index contributed by atoms with van der Waals surface area (Å²) < 4.78 is 50.0. The third kappa shape index (κ3) is 4.84. The minimum Gasteiger partial charge on any atom is -0.478 e. The molecule has 0 amide bonds. The number of alkyl halides is 3. The van der Waals surface area contributed by atoms with Crippen LogP contribution in [0.25, 0.3) is 0 Å². The van der Waals surface area contributed by atoms with Crippen LogP contribution in [0.15, 0.2) is 29.2 Å². The number of hydrogen-bond acceptors (Lipinski definition) is 3. The minimum absolute atomic E-state index is 0.0160. The molecule has 0 fully saturated rings. The average Bonchev–Trinajstić information content (AvgIpc) is 2.27. The van der Waals surface area contributed by atoms with Crippen LogP contribution in [0, 0.1) is 0 Å². The third-order valence-electron chi connectivity index (χ3n) is 1.90. The van der Waals surface area contributed by atoms with Gasteiger partial charge >= 0.3 is 12.3 Å². The van der Waals surface area contributed by atoms with Crippen LogP contribution in [0.1, 0.15) is 10.4 Å². The van der Waals surface area contributed by atoms with Crippen LogP contribution in [0.3, 0.4) is 0 Å². The maximum Gasteiger partial charge on any atom is 0.522 e. The lowest BCUT2D eigenvalue weighted by molar-refractivity contribution is -0.322. The van der Waals surface area contributed by atoms with Crippen molar-refractivity contribution in [3.8, 4) is 0 Å². The minimum atomic E-state index is -4.74. The molecule has 1 atom stereocenters. The van der Waals surface area contributed by atoms with Gasteiger partial charge in [0, 0.05) is 4.90 Å². The Bertz CT molecular complexity index is 441. The number of halogens is 3. The molecule has 4 nitrogen and oxygen atoms in total. The Morgan fingerprint density at radius 3 is 2.28 bits per heavy atom. The maximum absolute atomic E-state index is 11.7. The molecule has 1 aromatic carbocycles. The Morgan fingerprint density at radius 1 is 1.28 bits per heavy atom. The summed E-state index contributed by atoms with van der Waals surface area (Å²) in [6.45, 7) is -0.712. The van der Waals surface area contributed by atoms with E-state index in [0.29, 0.717) is 0 Å². The van der Waals surface area contributed by atoms with E-state index in [1.165, 1.54) is 24.3 Å². The SMILES string of the molecule is O=C(O)c1ccc(S(=O)CCOC(F)(F)F)cc1. The van der Waals surface area contributed by atoms with Gasteiger partial charge in [-0.1, -0.05) is 0 Å². The molecule has 0 bridgehead atoms. The van der Waals surface area contributed by atoms with Gasteiger partial charge in [0.2, 0.25) is 0 Å². The second-order valence-corrected chi connectivity index (χ2v) is 4.74. The number of aromatic carboxylic acids is 1. The molecule has 0 aliphatic rings. The molecule has 1 rings (SSSR count). The Morgan fingerprint density at radius 2 is 1.83 bits per heavy atom. The first-order chi connectivity index (χ1) is 8.29. The molecule has 0 aliphatic carbocycles. The topological polar surface area (TPSA) is 63.6 Å². The molecule has 0 spiro atoms. The van der Waals surface area contributed by atoms with E-state index in [1.54, 1.807) is 0 Å². The van der Waals surface area contributed by atoms with E-state index in [2.05, 4.69) is 4.74 Å². The van der Waals surface area contributed by atoms with E-state index in [9.17, 15) is 22.2 Å². The van der Waals surface area contributed by atoms with Crippen molar-refractivity contribution in [3.63, 3.8) is 0 Å². The van der Waals surface area contributed by atoms with Crippen molar-refractivity contribution in [3.05, 3.63) is 29.8 Å². The van der Waals surface area contributed by atoms with Gasteiger partial charge in [0.05, 0.1) is 28.7 Å². The number of ether oxygens (including phenoxy) is 1. The first-order valence-corrected chi connectivity index (χ1v) is 6.04. The zero-order valence-corrected chi connectivity index (χ0v) is 9.75. The summed E-state index contributed by atoms with van der Waals surface area (Å²) in [5.41, 5.74) is 0.0160. The Kier molecular flexibility index (Phi) is 4.85. The number of rotatable bonds is 5. The molecular weight excluding hydrogens is 273 g/mol. The van der Waals surface area contributed by atoms with Crippen molar-refractivity contribution in [1.29, 1.82) is 0 Å². The molecule has 1 aromatic rings. The van der Waals surface area contributed by atoms with Crippen molar-refractivity contribution < 1.29 is 32.0 Å². The molecule has 18 heavy (non-hydrogen) atoms. The number of carbonyl (C=O) groups is 1. The van der Waals surface area contributed by atoms with E-state index in [1.807, 2.05) is 0 Å². The molecular formula is C10H9F3O4S. The van der Waals surface area contributed by atoms with E-state index < -0.39 is 29.7 Å². The lowest BCUT2D eigenvalue weighted by Gasteiger charge is -2.07. The van der Waals surface area contributed by atoms with Gasteiger partial charge in [-0.05, 0) is 24.3 Å². The number of hydrogen-bond donors (Lipinski definition) is 1. The van der Waals surface area contributed by atoms with Crippen LogP contribution in [-0.4, -0.2) is 34.0 Å². The monoisotopic (exact) mass is 282 g/mol. The summed E-state index contributed by atoms with van der Waals surface area (Å²) in [5.74, 6) is -1.45. The van der Waals surface area contributed by atoms with Gasteiger partial charge < -0.3 is 5.11 Å². The van der Waals surface area contributed by atoms with Crippen LogP contribution in [-0.2, 0) is 15.5 Å². The normalized spacial score (nSPS) is 13.3. The Hall–Kier alpha value is -1.41. The summed E-state index contributed by atoms with van der Waals surface area (Å²) in [6, 6.07) is 5.07. The second-order valence-electron chi connectivity index (χ2n) is 3.17. The zero-order valence-electron chi connectivity index (χ0n) is 8.94. The summed E-state index contributed by atoms with van der Waals surface area (Å²) >= 11 is 0. The fourth-order valence-corrected chi connectivity index (χ4v) is 2.01. The molecule has 0 saturated carbocycles. The van der Waals surface area contributed by atoms with Gasteiger partial charge in [-0.2, -0.15) is 0 Å². The summed E-state index contributed by atoms with van der Waals surface area (Å²) in [6.07, 6.45) is -4.74. The van der Waals surface area contributed by atoms with Gasteiger partial charge in [-0.25, -0.2) is 4.79 Å². The lowest BCUT2D eigenvalue weighted by Crippen LogP contribution is -2.17. The van der Waals surface area contributed by atoms with Crippen molar-refractivity contribution in [2.45, 2.75) is 11.3 Å². The molecule has 1 N–H and O–H groups in total. The maximum atomic E-state index is 11.7. The van der Waals surface area contributed by atoms with Gasteiger partial charge in [-0.15, -0.1) is 13.2 Å². The van der Waals surface area contributed by atoms with Crippen molar-refractivity contribution in [2.75, 3.05) is 12.4 Å². The summed E-state index contributed by atoms with van der Waals surface area (Å²) in [4.78, 5) is 10.8. The molecule has 0 aromatic heterocycles. The molecule has 0 aliphatic heterocycles. The number of carboxylic acids is 1. The number of benzene rings is 1. The highest BCUT2D eigenvalue weighted by Crippen LogP contribution is 2.16. The Labute approximate surface area is 103 Å². The molecule has 0 heterocycles. The quantitative estimate of drug-likeness (QED) is 0.897. The van der Waals surface area contributed by atoms with Crippen molar-refractivity contribution in [2.24, 2.45) is 0 Å². The van der Waals surface area contributed by atoms with E-state index in [-0.39, 0.29) is 16.2 Å². The van der Waals surface area contributed by atoms with Gasteiger partial charge in [0.25, 0.3) is 0 Å². The average molecular weight is 282 g/mol. The fraction of sp³-hybridized carbons (Fsp3) is 0.300. The summed E-state index contributed by atoms with van der Waals surface area (Å²) in [7, 11) is -1.66. The van der Waals surface area contributed by atoms with Crippen LogP contribution in [0.5, 0.6) is 0 Å².